The minimum absolute atomic E-state index is 0.215. The highest BCUT2D eigenvalue weighted by atomic mass is 32.1. The summed E-state index contributed by atoms with van der Waals surface area (Å²) in [6.45, 7) is 2.45. The molecule has 26 heavy (non-hydrogen) atoms. The predicted octanol–water partition coefficient (Wildman–Crippen LogP) is 3.30. The van der Waals surface area contributed by atoms with E-state index < -0.39 is 0 Å². The number of nitrogens with zero attached hydrogens (tertiary/aromatic N) is 3. The van der Waals surface area contributed by atoms with Crippen molar-refractivity contribution < 1.29 is 4.79 Å². The van der Waals surface area contributed by atoms with E-state index in [-0.39, 0.29) is 5.91 Å². The quantitative estimate of drug-likeness (QED) is 0.704. The molecule has 0 aliphatic carbocycles. The molecule has 3 aromatic rings. The fourth-order valence-electron chi connectivity index (χ4n) is 3.04. The van der Waals surface area contributed by atoms with Crippen LogP contribution in [-0.2, 0) is 0 Å². The van der Waals surface area contributed by atoms with E-state index in [1.807, 2.05) is 29.6 Å². The number of anilines is 2. The molecule has 1 saturated heterocycles. The number of nitrogens with two attached hydrogens (primary N) is 1. The first-order chi connectivity index (χ1) is 12.7. The summed E-state index contributed by atoms with van der Waals surface area (Å²) >= 11 is 3.09. The summed E-state index contributed by atoms with van der Waals surface area (Å²) < 4.78 is 0. The van der Waals surface area contributed by atoms with Gasteiger partial charge in [-0.25, -0.2) is 9.97 Å². The normalized spacial score (nSPS) is 16.8. The summed E-state index contributed by atoms with van der Waals surface area (Å²) in [6.07, 6.45) is 2.80. The highest BCUT2D eigenvalue weighted by Gasteiger charge is 2.25. The molecule has 0 radical (unpaired) electrons. The average molecular weight is 386 g/mol. The lowest BCUT2D eigenvalue weighted by Crippen LogP contribution is -2.25. The third kappa shape index (κ3) is 3.48. The molecule has 3 N–H and O–H groups in total. The van der Waals surface area contributed by atoms with Gasteiger partial charge in [0.15, 0.2) is 5.82 Å². The number of carbonyl (C=O) groups excluding carboxylic acids is 1. The summed E-state index contributed by atoms with van der Waals surface area (Å²) in [6, 6.07) is 7.69. The molecule has 0 aromatic carbocycles. The number of hydrogen-bond acceptors (Lipinski definition) is 7. The van der Waals surface area contributed by atoms with Gasteiger partial charge in [0.1, 0.15) is 10.7 Å². The number of amides is 1. The molecule has 1 fully saturated rings. The first kappa shape index (κ1) is 17.1. The molecule has 0 saturated carbocycles. The zero-order valence-electron chi connectivity index (χ0n) is 14.1. The Bertz CT molecular complexity index is 893. The fourth-order valence-corrected chi connectivity index (χ4v) is 4.66. The number of thiazole rings is 1. The number of carbonyl (C=O) groups is 1. The van der Waals surface area contributed by atoms with Crippen molar-refractivity contribution in [2.75, 3.05) is 29.9 Å². The van der Waals surface area contributed by atoms with Gasteiger partial charge in [-0.2, -0.15) is 0 Å². The van der Waals surface area contributed by atoms with E-state index in [4.69, 9.17) is 5.73 Å². The van der Waals surface area contributed by atoms with E-state index in [0.29, 0.717) is 23.8 Å². The van der Waals surface area contributed by atoms with Gasteiger partial charge < -0.3 is 16.0 Å². The van der Waals surface area contributed by atoms with E-state index in [1.165, 1.54) is 11.3 Å². The lowest BCUT2D eigenvalue weighted by molar-refractivity contribution is 0.102. The van der Waals surface area contributed by atoms with Gasteiger partial charge in [-0.05, 0) is 42.5 Å². The summed E-state index contributed by atoms with van der Waals surface area (Å²) in [5.74, 6) is 1.06. The first-order valence-electron chi connectivity index (χ1n) is 8.45. The molecule has 0 spiro atoms. The Morgan fingerprint density at radius 3 is 3.04 bits per heavy atom. The van der Waals surface area contributed by atoms with Crippen LogP contribution in [0.5, 0.6) is 0 Å². The second kappa shape index (κ2) is 7.53. The van der Waals surface area contributed by atoms with Gasteiger partial charge in [0.2, 0.25) is 0 Å². The Labute approximate surface area is 159 Å². The number of pyridine rings is 1. The maximum absolute atomic E-state index is 12.7. The number of rotatable bonds is 5. The average Bonchev–Trinajstić information content (AvgIpc) is 3.42. The maximum atomic E-state index is 12.7. The van der Waals surface area contributed by atoms with Gasteiger partial charge in [-0.3, -0.25) is 4.79 Å². The molecule has 8 heteroatoms. The highest BCUT2D eigenvalue weighted by Crippen LogP contribution is 2.30. The van der Waals surface area contributed by atoms with Crippen molar-refractivity contribution in [1.29, 1.82) is 0 Å². The molecule has 1 unspecified atom stereocenters. The highest BCUT2D eigenvalue weighted by molar-refractivity contribution is 7.20. The van der Waals surface area contributed by atoms with Crippen LogP contribution in [-0.4, -0.2) is 35.5 Å². The standard InChI is InChI=1S/C18H19N5OS2/c19-9-12-5-7-23(10-12)16-13(3-1-6-20-16)21-17(24)14-11-26-18(22-14)15-4-2-8-25-15/h1-4,6,8,11-12H,5,7,9-10,19H2,(H,21,24). The van der Waals surface area contributed by atoms with Gasteiger partial charge in [0, 0.05) is 24.7 Å². The zero-order chi connectivity index (χ0) is 17.9. The maximum Gasteiger partial charge on any atom is 0.275 e. The van der Waals surface area contributed by atoms with Crippen LogP contribution in [0.2, 0.25) is 0 Å². The predicted molar refractivity (Wildman–Crippen MR) is 107 cm³/mol. The van der Waals surface area contributed by atoms with Crippen molar-refractivity contribution in [3.8, 4) is 9.88 Å². The Balaban J connectivity index is 1.52. The zero-order valence-corrected chi connectivity index (χ0v) is 15.7. The summed E-state index contributed by atoms with van der Waals surface area (Å²) in [4.78, 5) is 24.9. The van der Waals surface area contributed by atoms with Crippen LogP contribution in [0.25, 0.3) is 9.88 Å². The van der Waals surface area contributed by atoms with Crippen LogP contribution in [0.1, 0.15) is 16.9 Å². The van der Waals surface area contributed by atoms with E-state index in [2.05, 4.69) is 20.2 Å². The van der Waals surface area contributed by atoms with Gasteiger partial charge in [0.25, 0.3) is 5.91 Å². The Kier molecular flexibility index (Phi) is 4.96. The lowest BCUT2D eigenvalue weighted by Gasteiger charge is -2.20. The number of hydrogen-bond donors (Lipinski definition) is 2. The third-order valence-corrected chi connectivity index (χ3v) is 6.30. The minimum atomic E-state index is -0.215. The van der Waals surface area contributed by atoms with Crippen LogP contribution in [0, 0.1) is 5.92 Å². The molecule has 4 rings (SSSR count). The SMILES string of the molecule is NCC1CCN(c2ncccc2NC(=O)c2csc(-c3cccs3)n2)C1. The minimum Gasteiger partial charge on any atom is -0.355 e. The monoisotopic (exact) mass is 385 g/mol. The van der Waals surface area contributed by atoms with Crippen molar-refractivity contribution in [3.05, 3.63) is 46.9 Å². The van der Waals surface area contributed by atoms with E-state index in [0.717, 1.165) is 35.2 Å². The summed E-state index contributed by atoms with van der Waals surface area (Å²) in [5.41, 5.74) is 6.92. The second-order valence-corrected chi connectivity index (χ2v) is 7.99. The van der Waals surface area contributed by atoms with Crippen LogP contribution in [0.15, 0.2) is 41.2 Å². The Hall–Kier alpha value is -2.29. The molecule has 1 aliphatic rings. The molecule has 0 bridgehead atoms. The molecule has 1 aliphatic heterocycles. The fraction of sp³-hybridized carbons (Fsp3) is 0.278. The second-order valence-electron chi connectivity index (χ2n) is 6.18. The Morgan fingerprint density at radius 2 is 2.27 bits per heavy atom. The van der Waals surface area contributed by atoms with Gasteiger partial charge in [-0.1, -0.05) is 6.07 Å². The van der Waals surface area contributed by atoms with Crippen molar-refractivity contribution in [3.63, 3.8) is 0 Å². The van der Waals surface area contributed by atoms with E-state index in [1.54, 1.807) is 22.9 Å². The van der Waals surface area contributed by atoms with Gasteiger partial charge in [-0.15, -0.1) is 22.7 Å². The number of aromatic nitrogens is 2. The first-order valence-corrected chi connectivity index (χ1v) is 10.2. The summed E-state index contributed by atoms with van der Waals surface area (Å²) in [5, 5.41) is 7.63. The lowest BCUT2D eigenvalue weighted by atomic mass is 10.1. The van der Waals surface area contributed by atoms with Crippen LogP contribution < -0.4 is 16.0 Å². The Morgan fingerprint density at radius 1 is 1.35 bits per heavy atom. The smallest absolute Gasteiger partial charge is 0.275 e. The molecule has 6 nitrogen and oxygen atoms in total. The molecule has 1 amide bonds. The van der Waals surface area contributed by atoms with E-state index in [9.17, 15) is 4.79 Å². The van der Waals surface area contributed by atoms with Crippen LogP contribution in [0.4, 0.5) is 11.5 Å². The van der Waals surface area contributed by atoms with Crippen molar-refractivity contribution in [1.82, 2.24) is 9.97 Å². The van der Waals surface area contributed by atoms with Gasteiger partial charge in [0.05, 0.1) is 10.6 Å². The summed E-state index contributed by atoms with van der Waals surface area (Å²) in [7, 11) is 0. The topological polar surface area (TPSA) is 84.1 Å². The van der Waals surface area contributed by atoms with Crippen molar-refractivity contribution in [2.24, 2.45) is 11.7 Å². The molecule has 134 valence electrons. The molecule has 1 atom stereocenters. The van der Waals surface area contributed by atoms with Gasteiger partial charge >= 0.3 is 0 Å². The molecule has 3 aromatic heterocycles. The van der Waals surface area contributed by atoms with Crippen LogP contribution >= 0.6 is 22.7 Å². The third-order valence-electron chi connectivity index (χ3n) is 4.42. The molecular formula is C18H19N5OS2. The van der Waals surface area contributed by atoms with Crippen LogP contribution in [0.3, 0.4) is 0 Å². The van der Waals surface area contributed by atoms with Crippen molar-refractivity contribution >= 4 is 40.1 Å². The number of nitrogens with one attached hydrogen (secondary N) is 1. The molecular weight excluding hydrogens is 366 g/mol. The van der Waals surface area contributed by atoms with Crippen molar-refractivity contribution in [2.45, 2.75) is 6.42 Å². The number of thiophene rings is 1. The van der Waals surface area contributed by atoms with E-state index >= 15 is 0 Å². The molecule has 4 heterocycles. The largest absolute Gasteiger partial charge is 0.355 e.